The standard InChI is InChI=1S/C17H22N4O2/c1-11-7-12(2)17(15(22)8-11)14-3-4-16(20-19-14)21-5-6-23-13(9-18)10-21/h3-4,7-8,13,22H,5-6,9-10,18H2,1-2H3/t13-/m0/s1. The van der Waals surface area contributed by atoms with E-state index in [-0.39, 0.29) is 11.9 Å². The summed E-state index contributed by atoms with van der Waals surface area (Å²) in [6, 6.07) is 7.59. The van der Waals surface area contributed by atoms with Crippen molar-refractivity contribution in [2.75, 3.05) is 31.1 Å². The van der Waals surface area contributed by atoms with Crippen molar-refractivity contribution in [2.24, 2.45) is 5.73 Å². The summed E-state index contributed by atoms with van der Waals surface area (Å²) < 4.78 is 5.57. The predicted molar refractivity (Wildman–Crippen MR) is 89.6 cm³/mol. The molecular formula is C17H22N4O2. The number of anilines is 1. The first-order valence-corrected chi connectivity index (χ1v) is 7.79. The third kappa shape index (κ3) is 3.28. The molecule has 0 aliphatic carbocycles. The Morgan fingerprint density at radius 1 is 1.30 bits per heavy atom. The topological polar surface area (TPSA) is 84.5 Å². The van der Waals surface area contributed by atoms with Crippen LogP contribution in [0.2, 0.25) is 0 Å². The number of morpholine rings is 1. The van der Waals surface area contributed by atoms with Crippen LogP contribution in [0.4, 0.5) is 5.82 Å². The van der Waals surface area contributed by atoms with Gasteiger partial charge in [-0.3, -0.25) is 0 Å². The monoisotopic (exact) mass is 314 g/mol. The molecule has 1 saturated heterocycles. The Balaban J connectivity index is 1.85. The summed E-state index contributed by atoms with van der Waals surface area (Å²) in [4.78, 5) is 2.12. The molecule has 6 heteroatoms. The number of nitrogens with zero attached hydrogens (tertiary/aromatic N) is 3. The Kier molecular flexibility index (Phi) is 4.45. The maximum atomic E-state index is 10.2. The van der Waals surface area contributed by atoms with Crippen molar-refractivity contribution < 1.29 is 9.84 Å². The van der Waals surface area contributed by atoms with E-state index in [0.29, 0.717) is 18.8 Å². The number of aryl methyl sites for hydroxylation is 2. The summed E-state index contributed by atoms with van der Waals surface area (Å²) in [5, 5.41) is 18.8. The van der Waals surface area contributed by atoms with Gasteiger partial charge in [-0.2, -0.15) is 0 Å². The van der Waals surface area contributed by atoms with E-state index in [0.717, 1.165) is 35.6 Å². The molecule has 23 heavy (non-hydrogen) atoms. The minimum atomic E-state index is 0.0358. The van der Waals surface area contributed by atoms with E-state index in [2.05, 4.69) is 15.1 Å². The van der Waals surface area contributed by atoms with Gasteiger partial charge >= 0.3 is 0 Å². The normalized spacial score (nSPS) is 18.2. The van der Waals surface area contributed by atoms with Crippen LogP contribution in [0.25, 0.3) is 11.3 Å². The van der Waals surface area contributed by atoms with Gasteiger partial charge in [0.25, 0.3) is 0 Å². The van der Waals surface area contributed by atoms with Gasteiger partial charge in [-0.25, -0.2) is 0 Å². The quantitative estimate of drug-likeness (QED) is 0.896. The van der Waals surface area contributed by atoms with Crippen molar-refractivity contribution in [1.29, 1.82) is 0 Å². The number of phenolic OH excluding ortho intramolecular Hbond substituents is 1. The van der Waals surface area contributed by atoms with Crippen LogP contribution in [0.3, 0.4) is 0 Å². The average molecular weight is 314 g/mol. The highest BCUT2D eigenvalue weighted by Gasteiger charge is 2.21. The molecular weight excluding hydrogens is 292 g/mol. The molecule has 2 aromatic rings. The Labute approximate surface area is 135 Å². The summed E-state index contributed by atoms with van der Waals surface area (Å²) in [5.41, 5.74) is 9.09. The van der Waals surface area contributed by atoms with Crippen LogP contribution in [0.15, 0.2) is 24.3 Å². The van der Waals surface area contributed by atoms with Gasteiger partial charge in [0.15, 0.2) is 5.82 Å². The van der Waals surface area contributed by atoms with Crippen LogP contribution in [0.5, 0.6) is 5.75 Å². The van der Waals surface area contributed by atoms with E-state index in [4.69, 9.17) is 10.5 Å². The molecule has 1 aliphatic heterocycles. The fourth-order valence-corrected chi connectivity index (χ4v) is 2.98. The number of benzene rings is 1. The van der Waals surface area contributed by atoms with Crippen molar-refractivity contribution in [2.45, 2.75) is 20.0 Å². The van der Waals surface area contributed by atoms with Crippen molar-refractivity contribution >= 4 is 5.82 Å². The first kappa shape index (κ1) is 15.7. The number of hydrogen-bond acceptors (Lipinski definition) is 6. The summed E-state index contributed by atoms with van der Waals surface area (Å²) in [6.07, 6.45) is 0.0358. The molecule has 1 atom stereocenters. The maximum Gasteiger partial charge on any atom is 0.151 e. The highest BCUT2D eigenvalue weighted by molar-refractivity contribution is 5.71. The van der Waals surface area contributed by atoms with Gasteiger partial charge in [0.05, 0.1) is 18.4 Å². The SMILES string of the molecule is Cc1cc(C)c(-c2ccc(N3CCO[C@@H](CN)C3)nn2)c(O)c1. The fourth-order valence-electron chi connectivity index (χ4n) is 2.98. The lowest BCUT2D eigenvalue weighted by molar-refractivity contribution is 0.0462. The first-order chi connectivity index (χ1) is 11.1. The fraction of sp³-hybridized carbons (Fsp3) is 0.412. The molecule has 0 spiro atoms. The van der Waals surface area contributed by atoms with E-state index in [1.54, 1.807) is 6.07 Å². The number of aromatic hydroxyl groups is 1. The molecule has 122 valence electrons. The van der Waals surface area contributed by atoms with Crippen LogP contribution in [0, 0.1) is 13.8 Å². The van der Waals surface area contributed by atoms with Crippen LogP contribution in [-0.4, -0.2) is 47.6 Å². The molecule has 0 bridgehead atoms. The Bertz CT molecular complexity index is 664. The first-order valence-electron chi connectivity index (χ1n) is 7.79. The Hall–Kier alpha value is -2.18. The minimum absolute atomic E-state index is 0.0358. The zero-order chi connectivity index (χ0) is 16.4. The molecule has 3 N–H and O–H groups in total. The molecule has 0 amide bonds. The summed E-state index contributed by atoms with van der Waals surface area (Å²) >= 11 is 0. The lowest BCUT2D eigenvalue weighted by Gasteiger charge is -2.32. The maximum absolute atomic E-state index is 10.2. The number of aromatic nitrogens is 2. The minimum Gasteiger partial charge on any atom is -0.507 e. The third-order valence-electron chi connectivity index (χ3n) is 4.09. The summed E-state index contributed by atoms with van der Waals surface area (Å²) in [7, 11) is 0. The number of ether oxygens (including phenoxy) is 1. The van der Waals surface area contributed by atoms with Crippen molar-refractivity contribution in [1.82, 2.24) is 10.2 Å². The molecule has 1 aromatic carbocycles. The van der Waals surface area contributed by atoms with E-state index in [9.17, 15) is 5.11 Å². The van der Waals surface area contributed by atoms with Crippen molar-refractivity contribution in [3.63, 3.8) is 0 Å². The molecule has 3 rings (SSSR count). The van der Waals surface area contributed by atoms with Gasteiger partial charge in [-0.1, -0.05) is 6.07 Å². The number of nitrogens with two attached hydrogens (primary N) is 1. The highest BCUT2D eigenvalue weighted by atomic mass is 16.5. The van der Waals surface area contributed by atoms with Gasteiger partial charge < -0.3 is 20.5 Å². The van der Waals surface area contributed by atoms with Crippen LogP contribution < -0.4 is 10.6 Å². The average Bonchev–Trinajstić information content (AvgIpc) is 2.54. The van der Waals surface area contributed by atoms with Gasteiger partial charge in [-0.15, -0.1) is 10.2 Å². The highest BCUT2D eigenvalue weighted by Crippen LogP contribution is 2.32. The summed E-state index contributed by atoms with van der Waals surface area (Å²) in [5.74, 6) is 1.04. The van der Waals surface area contributed by atoms with Crippen LogP contribution >= 0.6 is 0 Å². The van der Waals surface area contributed by atoms with Crippen LogP contribution in [0.1, 0.15) is 11.1 Å². The molecule has 1 aliphatic rings. The van der Waals surface area contributed by atoms with Gasteiger partial charge in [0, 0.05) is 25.2 Å². The van der Waals surface area contributed by atoms with Gasteiger partial charge in [0.2, 0.25) is 0 Å². The largest absolute Gasteiger partial charge is 0.507 e. The second-order valence-corrected chi connectivity index (χ2v) is 5.93. The predicted octanol–water partition coefficient (Wildman–Crippen LogP) is 1.63. The summed E-state index contributed by atoms with van der Waals surface area (Å²) in [6.45, 7) is 6.56. The second-order valence-electron chi connectivity index (χ2n) is 5.93. The molecule has 0 unspecified atom stereocenters. The van der Waals surface area contributed by atoms with E-state index in [1.165, 1.54) is 0 Å². The number of rotatable bonds is 3. The number of hydrogen-bond donors (Lipinski definition) is 2. The number of phenols is 1. The second kappa shape index (κ2) is 6.52. The van der Waals surface area contributed by atoms with Gasteiger partial charge in [0.1, 0.15) is 5.75 Å². The molecule has 2 heterocycles. The molecule has 0 radical (unpaired) electrons. The molecule has 1 aromatic heterocycles. The zero-order valence-electron chi connectivity index (χ0n) is 13.5. The molecule has 1 fully saturated rings. The smallest absolute Gasteiger partial charge is 0.151 e. The Morgan fingerprint density at radius 2 is 2.13 bits per heavy atom. The Morgan fingerprint density at radius 3 is 2.78 bits per heavy atom. The molecule has 0 saturated carbocycles. The van der Waals surface area contributed by atoms with Crippen LogP contribution in [-0.2, 0) is 4.74 Å². The zero-order valence-corrected chi connectivity index (χ0v) is 13.5. The van der Waals surface area contributed by atoms with E-state index < -0.39 is 0 Å². The van der Waals surface area contributed by atoms with E-state index >= 15 is 0 Å². The van der Waals surface area contributed by atoms with Crippen molar-refractivity contribution in [3.05, 3.63) is 35.4 Å². The van der Waals surface area contributed by atoms with E-state index in [1.807, 2.05) is 32.0 Å². The third-order valence-corrected chi connectivity index (χ3v) is 4.09. The van der Waals surface area contributed by atoms with Crippen molar-refractivity contribution in [3.8, 4) is 17.0 Å². The van der Waals surface area contributed by atoms with Gasteiger partial charge in [-0.05, 0) is 43.2 Å². The molecule has 6 nitrogen and oxygen atoms in total. The lowest BCUT2D eigenvalue weighted by atomic mass is 10.0. The lowest BCUT2D eigenvalue weighted by Crippen LogP contribution is -2.46.